The standard InChI is InChI=1S/C14H26N2O3/c1-5-8(2)12(13(17)18)16-14(19)15-11-7-6-9(3)10(11)4/h8-12H,5-7H2,1-4H3,(H,17,18)(H2,15,16,19)/t8-,9?,10?,11?,12-/m0/s1. The molecule has 1 saturated carbocycles. The summed E-state index contributed by atoms with van der Waals surface area (Å²) in [6.45, 7) is 8.07. The number of hydrogen-bond donors (Lipinski definition) is 3. The Hall–Kier alpha value is -1.26. The molecule has 0 aromatic carbocycles. The molecular formula is C14H26N2O3. The van der Waals surface area contributed by atoms with Crippen molar-refractivity contribution in [3.8, 4) is 0 Å². The summed E-state index contributed by atoms with van der Waals surface area (Å²) in [6.07, 6.45) is 2.80. The number of carboxylic acid groups (broad SMARTS) is 1. The molecule has 0 aliphatic heterocycles. The zero-order chi connectivity index (χ0) is 14.6. The number of aliphatic carboxylic acids is 1. The second kappa shape index (κ2) is 6.78. The molecule has 0 saturated heterocycles. The lowest BCUT2D eigenvalue weighted by Gasteiger charge is -2.24. The molecule has 1 aliphatic rings. The number of carbonyl (C=O) groups is 2. The highest BCUT2D eigenvalue weighted by Gasteiger charge is 2.32. The first-order valence-corrected chi connectivity index (χ1v) is 7.16. The van der Waals surface area contributed by atoms with Crippen molar-refractivity contribution in [2.75, 3.05) is 0 Å². The van der Waals surface area contributed by atoms with Crippen LogP contribution in [0.2, 0.25) is 0 Å². The van der Waals surface area contributed by atoms with Crippen molar-refractivity contribution in [3.05, 3.63) is 0 Å². The number of rotatable bonds is 5. The van der Waals surface area contributed by atoms with Gasteiger partial charge in [0.05, 0.1) is 0 Å². The number of carbonyl (C=O) groups excluding carboxylic acids is 1. The van der Waals surface area contributed by atoms with Gasteiger partial charge in [-0.15, -0.1) is 0 Å². The Bertz CT molecular complexity index is 333. The lowest BCUT2D eigenvalue weighted by atomic mass is 9.98. The Kier molecular flexibility index (Phi) is 5.63. The fraction of sp³-hybridized carbons (Fsp3) is 0.857. The maximum Gasteiger partial charge on any atom is 0.326 e. The van der Waals surface area contributed by atoms with Crippen LogP contribution in [-0.2, 0) is 4.79 Å². The van der Waals surface area contributed by atoms with E-state index in [2.05, 4.69) is 24.5 Å². The lowest BCUT2D eigenvalue weighted by Crippen LogP contribution is -2.52. The third kappa shape index (κ3) is 4.11. The molecule has 5 heteroatoms. The maximum absolute atomic E-state index is 11.9. The van der Waals surface area contributed by atoms with Crippen molar-refractivity contribution in [1.82, 2.24) is 10.6 Å². The summed E-state index contributed by atoms with van der Waals surface area (Å²) in [5.74, 6) is -0.00623. The summed E-state index contributed by atoms with van der Waals surface area (Å²) < 4.78 is 0. The lowest BCUT2D eigenvalue weighted by molar-refractivity contribution is -0.140. The number of urea groups is 1. The summed E-state index contributed by atoms with van der Waals surface area (Å²) >= 11 is 0. The predicted octanol–water partition coefficient (Wildman–Crippen LogP) is 2.22. The second-order valence-corrected chi connectivity index (χ2v) is 5.84. The minimum Gasteiger partial charge on any atom is -0.480 e. The third-order valence-corrected chi connectivity index (χ3v) is 4.55. The molecule has 0 radical (unpaired) electrons. The van der Waals surface area contributed by atoms with Crippen LogP contribution in [-0.4, -0.2) is 29.2 Å². The molecule has 110 valence electrons. The van der Waals surface area contributed by atoms with E-state index in [1.165, 1.54) is 0 Å². The smallest absolute Gasteiger partial charge is 0.326 e. The molecule has 1 fully saturated rings. The van der Waals surface area contributed by atoms with E-state index in [0.717, 1.165) is 12.8 Å². The van der Waals surface area contributed by atoms with Gasteiger partial charge in [0, 0.05) is 6.04 Å². The van der Waals surface area contributed by atoms with Gasteiger partial charge in [-0.3, -0.25) is 0 Å². The van der Waals surface area contributed by atoms with Gasteiger partial charge in [-0.2, -0.15) is 0 Å². The van der Waals surface area contributed by atoms with Crippen molar-refractivity contribution in [3.63, 3.8) is 0 Å². The van der Waals surface area contributed by atoms with Gasteiger partial charge in [-0.25, -0.2) is 9.59 Å². The zero-order valence-corrected chi connectivity index (χ0v) is 12.3. The van der Waals surface area contributed by atoms with E-state index in [1.54, 1.807) is 0 Å². The molecule has 0 bridgehead atoms. The van der Waals surface area contributed by atoms with Gasteiger partial charge in [0.2, 0.25) is 0 Å². The molecule has 1 aliphatic carbocycles. The predicted molar refractivity (Wildman–Crippen MR) is 73.9 cm³/mol. The average Bonchev–Trinajstić information content (AvgIpc) is 2.66. The fourth-order valence-corrected chi connectivity index (χ4v) is 2.60. The SMILES string of the molecule is CC[C@H](C)[C@H](NC(=O)NC1CCC(C)C1C)C(=O)O. The van der Waals surface area contributed by atoms with Crippen LogP contribution in [0.4, 0.5) is 4.79 Å². The van der Waals surface area contributed by atoms with Crippen molar-refractivity contribution in [2.24, 2.45) is 17.8 Å². The highest BCUT2D eigenvalue weighted by molar-refractivity contribution is 5.82. The van der Waals surface area contributed by atoms with Gasteiger partial charge in [-0.1, -0.05) is 34.1 Å². The fourth-order valence-electron chi connectivity index (χ4n) is 2.60. The van der Waals surface area contributed by atoms with E-state index < -0.39 is 12.0 Å². The first kappa shape index (κ1) is 15.8. The van der Waals surface area contributed by atoms with Gasteiger partial charge in [0.1, 0.15) is 6.04 Å². The molecule has 3 unspecified atom stereocenters. The van der Waals surface area contributed by atoms with Crippen LogP contribution in [0.1, 0.15) is 47.0 Å². The average molecular weight is 270 g/mol. The third-order valence-electron chi connectivity index (χ3n) is 4.55. The van der Waals surface area contributed by atoms with Gasteiger partial charge in [-0.05, 0) is 30.6 Å². The zero-order valence-electron chi connectivity index (χ0n) is 12.3. The second-order valence-electron chi connectivity index (χ2n) is 5.84. The minimum atomic E-state index is -0.975. The molecule has 2 amide bonds. The van der Waals surface area contributed by atoms with E-state index in [-0.39, 0.29) is 18.0 Å². The van der Waals surface area contributed by atoms with Crippen LogP contribution in [0.5, 0.6) is 0 Å². The summed E-state index contributed by atoms with van der Waals surface area (Å²) in [7, 11) is 0. The largest absolute Gasteiger partial charge is 0.480 e. The van der Waals surface area contributed by atoms with Crippen LogP contribution in [0.25, 0.3) is 0 Å². The number of amides is 2. The van der Waals surface area contributed by atoms with Crippen LogP contribution < -0.4 is 10.6 Å². The first-order valence-electron chi connectivity index (χ1n) is 7.16. The van der Waals surface area contributed by atoms with Gasteiger partial charge in [0.25, 0.3) is 0 Å². The monoisotopic (exact) mass is 270 g/mol. The summed E-state index contributed by atoms with van der Waals surface area (Å²) in [6, 6.07) is -1.03. The highest BCUT2D eigenvalue weighted by Crippen LogP contribution is 2.30. The molecule has 0 aromatic heterocycles. The van der Waals surface area contributed by atoms with Gasteiger partial charge < -0.3 is 15.7 Å². The highest BCUT2D eigenvalue weighted by atomic mass is 16.4. The Morgan fingerprint density at radius 1 is 1.32 bits per heavy atom. The Morgan fingerprint density at radius 2 is 1.95 bits per heavy atom. The molecule has 19 heavy (non-hydrogen) atoms. The Balaban J connectivity index is 2.51. The quantitative estimate of drug-likeness (QED) is 0.716. The molecule has 1 rings (SSSR count). The molecule has 0 spiro atoms. The Morgan fingerprint density at radius 3 is 2.37 bits per heavy atom. The van der Waals surface area contributed by atoms with Crippen LogP contribution in [0.15, 0.2) is 0 Å². The van der Waals surface area contributed by atoms with Gasteiger partial charge in [0.15, 0.2) is 0 Å². The maximum atomic E-state index is 11.9. The van der Waals surface area contributed by atoms with Gasteiger partial charge >= 0.3 is 12.0 Å². The van der Waals surface area contributed by atoms with Crippen LogP contribution in [0, 0.1) is 17.8 Å². The van der Waals surface area contributed by atoms with E-state index >= 15 is 0 Å². The summed E-state index contributed by atoms with van der Waals surface area (Å²) in [5, 5.41) is 14.6. The normalized spacial score (nSPS) is 29.6. The van der Waals surface area contributed by atoms with Crippen molar-refractivity contribution >= 4 is 12.0 Å². The van der Waals surface area contributed by atoms with Crippen molar-refractivity contribution < 1.29 is 14.7 Å². The molecular weight excluding hydrogens is 244 g/mol. The molecule has 5 atom stereocenters. The number of nitrogens with one attached hydrogen (secondary N) is 2. The molecule has 5 nitrogen and oxygen atoms in total. The summed E-state index contributed by atoms with van der Waals surface area (Å²) in [5.41, 5.74) is 0. The van der Waals surface area contributed by atoms with E-state index in [9.17, 15) is 9.59 Å². The first-order chi connectivity index (χ1) is 8.86. The molecule has 3 N–H and O–H groups in total. The van der Waals surface area contributed by atoms with Crippen LogP contribution >= 0.6 is 0 Å². The van der Waals surface area contributed by atoms with E-state index in [4.69, 9.17) is 5.11 Å². The summed E-state index contributed by atoms with van der Waals surface area (Å²) in [4.78, 5) is 23.0. The topological polar surface area (TPSA) is 78.4 Å². The number of carboxylic acids is 1. The van der Waals surface area contributed by atoms with E-state index in [0.29, 0.717) is 18.3 Å². The van der Waals surface area contributed by atoms with Crippen molar-refractivity contribution in [2.45, 2.75) is 59.0 Å². The molecule has 0 aromatic rings. The Labute approximate surface area is 115 Å². The van der Waals surface area contributed by atoms with Crippen LogP contribution in [0.3, 0.4) is 0 Å². The minimum absolute atomic E-state index is 0.0804. The molecule has 0 heterocycles. The van der Waals surface area contributed by atoms with Crippen molar-refractivity contribution in [1.29, 1.82) is 0 Å². The number of hydrogen-bond acceptors (Lipinski definition) is 2. The van der Waals surface area contributed by atoms with E-state index in [1.807, 2.05) is 13.8 Å².